The quantitative estimate of drug-likeness (QED) is 0.220. The van der Waals surface area contributed by atoms with Gasteiger partial charge in [0, 0.05) is 26.4 Å². The number of hydrogen-bond acceptors (Lipinski definition) is 6. The second-order valence-electron chi connectivity index (χ2n) is 6.59. The van der Waals surface area contributed by atoms with Crippen LogP contribution in [-0.2, 0) is 19.1 Å². The lowest BCUT2D eigenvalue weighted by atomic mass is 10.2. The van der Waals surface area contributed by atoms with E-state index in [-0.39, 0.29) is 25.1 Å². The van der Waals surface area contributed by atoms with Gasteiger partial charge in [-0.15, -0.1) is 0 Å². The van der Waals surface area contributed by atoms with Gasteiger partial charge in [-0.05, 0) is 13.8 Å². The van der Waals surface area contributed by atoms with E-state index in [0.29, 0.717) is 0 Å². The number of methoxy groups -OCH3 is 1. The van der Waals surface area contributed by atoms with Gasteiger partial charge < -0.3 is 19.0 Å². The highest BCUT2D eigenvalue weighted by molar-refractivity contribution is 5.46. The van der Waals surface area contributed by atoms with E-state index >= 15 is 0 Å². The number of benzene rings is 3. The van der Waals surface area contributed by atoms with E-state index in [1.54, 1.807) is 14.2 Å². The molecule has 39 heavy (non-hydrogen) atoms. The van der Waals surface area contributed by atoms with Gasteiger partial charge in [-0.25, -0.2) is 17.6 Å². The summed E-state index contributed by atoms with van der Waals surface area (Å²) < 4.78 is 111. The summed E-state index contributed by atoms with van der Waals surface area (Å²) in [7, 11) is 3.25. The van der Waals surface area contributed by atoms with Crippen LogP contribution in [0.25, 0.3) is 0 Å². The van der Waals surface area contributed by atoms with Gasteiger partial charge in [0.25, 0.3) is 12.9 Å². The monoisotopic (exact) mass is 570 g/mol. The molecule has 214 valence electrons. The predicted octanol–water partition coefficient (Wildman–Crippen LogP) is 5.94. The number of hydrogen-bond donors (Lipinski definition) is 0. The summed E-state index contributed by atoms with van der Waals surface area (Å²) in [6.45, 7) is 5.54. The van der Waals surface area contributed by atoms with Gasteiger partial charge in [-0.3, -0.25) is 9.59 Å². The lowest BCUT2D eigenvalue weighted by Gasteiger charge is -2.02. The highest BCUT2D eigenvalue weighted by atomic mass is 19.2. The Morgan fingerprint density at radius 2 is 0.846 bits per heavy atom. The van der Waals surface area contributed by atoms with E-state index in [1.807, 2.05) is 6.79 Å². The Labute approximate surface area is 217 Å². The second kappa shape index (κ2) is 19.7. The molecule has 0 fully saturated rings. The first kappa shape index (κ1) is 36.8. The van der Waals surface area contributed by atoms with Crippen LogP contribution in [0.5, 0.6) is 11.5 Å². The molecule has 14 heteroatoms. The van der Waals surface area contributed by atoms with Crippen molar-refractivity contribution in [1.29, 1.82) is 0 Å². The average Bonchev–Trinajstić information content (AvgIpc) is 2.89. The second-order valence-corrected chi connectivity index (χ2v) is 6.59. The predicted molar refractivity (Wildman–Crippen MR) is 122 cm³/mol. The topological polar surface area (TPSA) is 78.9 Å². The summed E-state index contributed by atoms with van der Waals surface area (Å²) in [5.74, 6) is -16.3. The van der Waals surface area contributed by atoms with E-state index in [0.717, 1.165) is 0 Å². The van der Waals surface area contributed by atoms with Gasteiger partial charge in [-0.1, -0.05) is 35.4 Å². The van der Waals surface area contributed by atoms with Crippen LogP contribution >= 0.6 is 0 Å². The van der Waals surface area contributed by atoms with Crippen LogP contribution in [0, 0.1) is 60.4 Å². The van der Waals surface area contributed by atoms with Crippen LogP contribution in [0.15, 0.2) is 36.4 Å². The number of aryl methyl sites for hydroxylation is 2. The normalized spacial score (nSPS) is 9.03. The van der Waals surface area contributed by atoms with Crippen LogP contribution in [0.4, 0.5) is 35.1 Å². The molecule has 0 amide bonds. The Morgan fingerprint density at radius 3 is 1.03 bits per heavy atom. The summed E-state index contributed by atoms with van der Waals surface area (Å²) >= 11 is 0. The minimum absolute atomic E-state index is 0.0162. The fourth-order valence-electron chi connectivity index (χ4n) is 2.21. The summed E-state index contributed by atoms with van der Waals surface area (Å²) in [5, 5.41) is 0. The molecule has 0 saturated carbocycles. The lowest BCUT2D eigenvalue weighted by Crippen LogP contribution is -2.01. The standard InChI is InChI=1S/C8H10.2C7H2F4O2.C2H6O.CH2O/c1-7-4-3-5-8(2)6-7;2*8-3-1-4(9)6(11)7(5(3)10)13-2-12;1-3-2;1-2/h3-6H,1-2H3;2*1-2H;1-2H3;1H2. The highest BCUT2D eigenvalue weighted by Crippen LogP contribution is 2.26. The van der Waals surface area contributed by atoms with E-state index in [2.05, 4.69) is 52.3 Å². The first-order valence-corrected chi connectivity index (χ1v) is 9.94. The molecule has 0 unspecified atom stereocenters. The van der Waals surface area contributed by atoms with Crippen molar-refractivity contribution in [3.8, 4) is 11.5 Å². The van der Waals surface area contributed by atoms with Gasteiger partial charge in [0.1, 0.15) is 6.79 Å². The Kier molecular flexibility index (Phi) is 18.6. The molecule has 0 N–H and O–H groups in total. The zero-order chi connectivity index (χ0) is 30.7. The molecule has 0 heterocycles. The molecular formula is C25H22F8O6. The molecule has 0 aliphatic rings. The molecule has 3 aromatic rings. The van der Waals surface area contributed by atoms with Crippen molar-refractivity contribution in [3.63, 3.8) is 0 Å². The number of ether oxygens (including phenoxy) is 3. The third kappa shape index (κ3) is 12.6. The Bertz CT molecular complexity index is 1070. The Morgan fingerprint density at radius 1 is 0.590 bits per heavy atom. The van der Waals surface area contributed by atoms with Crippen molar-refractivity contribution < 1.29 is 63.7 Å². The minimum Gasteiger partial charge on any atom is -0.422 e. The molecular weight excluding hydrogens is 548 g/mol. The fourth-order valence-corrected chi connectivity index (χ4v) is 2.21. The van der Waals surface area contributed by atoms with Gasteiger partial charge in [0.2, 0.25) is 34.8 Å². The van der Waals surface area contributed by atoms with Crippen molar-refractivity contribution in [2.45, 2.75) is 13.8 Å². The van der Waals surface area contributed by atoms with Crippen LogP contribution in [0.2, 0.25) is 0 Å². The fraction of sp³-hybridized carbons (Fsp3) is 0.160. The zero-order valence-electron chi connectivity index (χ0n) is 20.8. The summed E-state index contributed by atoms with van der Waals surface area (Å²) in [6.07, 6.45) is 0. The molecule has 0 aliphatic carbocycles. The van der Waals surface area contributed by atoms with Gasteiger partial charge in [0.15, 0.2) is 23.3 Å². The molecule has 0 bridgehead atoms. The molecule has 0 aliphatic heterocycles. The Hall–Kier alpha value is -4.33. The third-order valence-electron chi connectivity index (χ3n) is 3.65. The third-order valence-corrected chi connectivity index (χ3v) is 3.65. The van der Waals surface area contributed by atoms with E-state index in [4.69, 9.17) is 4.79 Å². The Balaban J connectivity index is 0. The molecule has 3 aromatic carbocycles. The highest BCUT2D eigenvalue weighted by Gasteiger charge is 2.21. The summed E-state index contributed by atoms with van der Waals surface area (Å²) in [5.41, 5.74) is 2.68. The number of carbonyl (C=O) groups is 3. The lowest BCUT2D eigenvalue weighted by molar-refractivity contribution is -0.122. The van der Waals surface area contributed by atoms with Crippen LogP contribution < -0.4 is 9.47 Å². The van der Waals surface area contributed by atoms with Gasteiger partial charge in [0.05, 0.1) is 0 Å². The summed E-state index contributed by atoms with van der Waals surface area (Å²) in [4.78, 5) is 27.4. The van der Waals surface area contributed by atoms with E-state index in [1.165, 1.54) is 11.1 Å². The SMILES string of the molecule is C=O.COC.Cc1cccc(C)c1.O=COc1c(F)c(F)cc(F)c1F.O=COc1c(F)c(F)cc(F)c1F. The average molecular weight is 570 g/mol. The molecule has 0 atom stereocenters. The van der Waals surface area contributed by atoms with E-state index in [9.17, 15) is 44.7 Å². The van der Waals surface area contributed by atoms with Crippen molar-refractivity contribution >= 4 is 19.7 Å². The van der Waals surface area contributed by atoms with Crippen LogP contribution in [0.1, 0.15) is 11.1 Å². The number of halogens is 8. The first-order chi connectivity index (χ1) is 18.4. The molecule has 6 nitrogen and oxygen atoms in total. The van der Waals surface area contributed by atoms with Crippen molar-refractivity contribution in [3.05, 3.63) is 94.1 Å². The largest absolute Gasteiger partial charge is 0.422 e. The smallest absolute Gasteiger partial charge is 0.298 e. The van der Waals surface area contributed by atoms with E-state index < -0.39 is 58.0 Å². The van der Waals surface area contributed by atoms with Gasteiger partial charge >= 0.3 is 0 Å². The van der Waals surface area contributed by atoms with Crippen LogP contribution in [-0.4, -0.2) is 34.0 Å². The van der Waals surface area contributed by atoms with Gasteiger partial charge in [-0.2, -0.15) is 17.6 Å². The molecule has 0 radical (unpaired) electrons. The maximum absolute atomic E-state index is 12.6. The first-order valence-electron chi connectivity index (χ1n) is 9.94. The van der Waals surface area contributed by atoms with Crippen molar-refractivity contribution in [2.75, 3.05) is 14.2 Å². The number of carbonyl (C=O) groups excluding carboxylic acids is 3. The summed E-state index contributed by atoms with van der Waals surface area (Å²) in [6, 6.07) is 8.48. The van der Waals surface area contributed by atoms with Crippen molar-refractivity contribution in [2.24, 2.45) is 0 Å². The molecule has 0 aromatic heterocycles. The minimum atomic E-state index is -1.74. The molecule has 3 rings (SSSR count). The zero-order valence-corrected chi connectivity index (χ0v) is 20.8. The molecule has 0 spiro atoms. The van der Waals surface area contributed by atoms with Crippen molar-refractivity contribution in [1.82, 2.24) is 0 Å². The maximum Gasteiger partial charge on any atom is 0.298 e. The molecule has 0 saturated heterocycles. The number of rotatable bonds is 4. The van der Waals surface area contributed by atoms with Crippen LogP contribution in [0.3, 0.4) is 0 Å². The maximum atomic E-state index is 12.6.